The van der Waals surface area contributed by atoms with Crippen LogP contribution in [0.15, 0.2) is 39.8 Å². The van der Waals surface area contributed by atoms with E-state index >= 15 is 0 Å². The van der Waals surface area contributed by atoms with Gasteiger partial charge in [-0.25, -0.2) is 0 Å². The molecule has 2 aromatic rings. The van der Waals surface area contributed by atoms with Crippen molar-refractivity contribution in [1.82, 2.24) is 0 Å². The largest absolute Gasteiger partial charge is 0.472 e. The van der Waals surface area contributed by atoms with Crippen molar-refractivity contribution in [2.75, 3.05) is 0 Å². The number of furan rings is 1. The van der Waals surface area contributed by atoms with E-state index in [0.717, 1.165) is 12.0 Å². The van der Waals surface area contributed by atoms with E-state index in [4.69, 9.17) is 10.2 Å². The highest BCUT2D eigenvalue weighted by atomic mass is 32.1. The molecule has 0 radical (unpaired) electrons. The molecule has 2 N–H and O–H groups in total. The van der Waals surface area contributed by atoms with Gasteiger partial charge in [-0.05, 0) is 40.4 Å². The van der Waals surface area contributed by atoms with E-state index in [9.17, 15) is 0 Å². The summed E-state index contributed by atoms with van der Waals surface area (Å²) in [6, 6.07) is 4.10. The summed E-state index contributed by atoms with van der Waals surface area (Å²) in [5, 5.41) is 4.13. The van der Waals surface area contributed by atoms with E-state index in [1.165, 1.54) is 5.56 Å². The third-order valence-electron chi connectivity index (χ3n) is 2.01. The highest BCUT2D eigenvalue weighted by Gasteiger charge is 2.07. The van der Waals surface area contributed by atoms with Gasteiger partial charge in [-0.2, -0.15) is 11.3 Å². The maximum absolute atomic E-state index is 6.00. The van der Waals surface area contributed by atoms with Gasteiger partial charge < -0.3 is 10.2 Å². The fourth-order valence-electron chi connectivity index (χ4n) is 1.27. The highest BCUT2D eigenvalue weighted by molar-refractivity contribution is 7.07. The molecule has 0 amide bonds. The minimum Gasteiger partial charge on any atom is -0.472 e. The number of hydrogen-bond acceptors (Lipinski definition) is 3. The first kappa shape index (κ1) is 8.53. The minimum atomic E-state index is 0.0869. The van der Waals surface area contributed by atoms with Crippen molar-refractivity contribution in [3.63, 3.8) is 0 Å². The van der Waals surface area contributed by atoms with Crippen molar-refractivity contribution in [2.45, 2.75) is 12.5 Å². The van der Waals surface area contributed by atoms with Crippen molar-refractivity contribution in [3.8, 4) is 0 Å². The third-order valence-corrected chi connectivity index (χ3v) is 2.71. The molecule has 1 unspecified atom stereocenters. The van der Waals surface area contributed by atoms with Crippen LogP contribution in [0.3, 0.4) is 0 Å². The molecule has 0 fully saturated rings. The normalized spacial score (nSPS) is 13.0. The molecule has 0 aliphatic rings. The first-order valence-electron chi connectivity index (χ1n) is 4.15. The van der Waals surface area contributed by atoms with Crippen LogP contribution in [0.2, 0.25) is 0 Å². The molecular weight excluding hydrogens is 182 g/mol. The summed E-state index contributed by atoms with van der Waals surface area (Å²) in [6.45, 7) is 0. The van der Waals surface area contributed by atoms with Crippen LogP contribution in [0.4, 0.5) is 0 Å². The van der Waals surface area contributed by atoms with Crippen LogP contribution < -0.4 is 5.73 Å². The van der Waals surface area contributed by atoms with Crippen molar-refractivity contribution < 1.29 is 4.42 Å². The molecule has 0 saturated carbocycles. The van der Waals surface area contributed by atoms with Crippen LogP contribution in [-0.4, -0.2) is 0 Å². The molecule has 1 atom stereocenters. The fraction of sp³-hybridized carbons (Fsp3) is 0.200. The second-order valence-corrected chi connectivity index (χ2v) is 3.78. The summed E-state index contributed by atoms with van der Waals surface area (Å²) in [6.07, 6.45) is 4.26. The summed E-state index contributed by atoms with van der Waals surface area (Å²) in [7, 11) is 0. The Bertz CT molecular complexity index is 339. The summed E-state index contributed by atoms with van der Waals surface area (Å²) in [5.74, 6) is 0. The summed E-state index contributed by atoms with van der Waals surface area (Å²) >= 11 is 1.68. The average molecular weight is 193 g/mol. The second-order valence-electron chi connectivity index (χ2n) is 3.00. The Hall–Kier alpha value is -1.06. The van der Waals surface area contributed by atoms with E-state index in [2.05, 4.69) is 11.4 Å². The number of hydrogen-bond donors (Lipinski definition) is 1. The van der Waals surface area contributed by atoms with E-state index in [0.29, 0.717) is 0 Å². The van der Waals surface area contributed by atoms with Gasteiger partial charge in [0.05, 0.1) is 12.5 Å². The van der Waals surface area contributed by atoms with Crippen LogP contribution in [0.5, 0.6) is 0 Å². The van der Waals surface area contributed by atoms with Crippen LogP contribution in [0, 0.1) is 0 Å². The third kappa shape index (κ3) is 1.99. The van der Waals surface area contributed by atoms with Crippen molar-refractivity contribution in [1.29, 1.82) is 0 Å². The second kappa shape index (κ2) is 3.77. The molecule has 0 spiro atoms. The lowest BCUT2D eigenvalue weighted by Crippen LogP contribution is -2.11. The first-order chi connectivity index (χ1) is 6.36. The van der Waals surface area contributed by atoms with Crippen LogP contribution in [0.25, 0.3) is 0 Å². The summed E-state index contributed by atoms with van der Waals surface area (Å²) in [4.78, 5) is 0. The molecule has 13 heavy (non-hydrogen) atoms. The van der Waals surface area contributed by atoms with Crippen molar-refractivity contribution in [3.05, 3.63) is 46.5 Å². The summed E-state index contributed by atoms with van der Waals surface area (Å²) < 4.78 is 4.98. The Morgan fingerprint density at radius 2 is 2.38 bits per heavy atom. The smallest absolute Gasteiger partial charge is 0.0935 e. The monoisotopic (exact) mass is 193 g/mol. The molecule has 0 saturated heterocycles. The average Bonchev–Trinajstić information content (AvgIpc) is 2.74. The lowest BCUT2D eigenvalue weighted by atomic mass is 10.1. The lowest BCUT2D eigenvalue weighted by molar-refractivity contribution is 0.561. The van der Waals surface area contributed by atoms with Crippen LogP contribution >= 0.6 is 11.3 Å². The fourth-order valence-corrected chi connectivity index (χ4v) is 1.99. The molecular formula is C10H11NOS. The zero-order chi connectivity index (χ0) is 9.10. The van der Waals surface area contributed by atoms with Crippen LogP contribution in [0.1, 0.15) is 17.2 Å². The van der Waals surface area contributed by atoms with Crippen LogP contribution in [-0.2, 0) is 6.42 Å². The molecule has 2 nitrogen and oxygen atoms in total. The Morgan fingerprint density at radius 3 is 3.00 bits per heavy atom. The molecule has 3 heteroatoms. The van der Waals surface area contributed by atoms with E-state index in [1.807, 2.05) is 11.4 Å². The predicted molar refractivity (Wildman–Crippen MR) is 53.7 cm³/mol. The van der Waals surface area contributed by atoms with Gasteiger partial charge in [0.1, 0.15) is 0 Å². The molecule has 68 valence electrons. The van der Waals surface area contributed by atoms with Gasteiger partial charge in [-0.15, -0.1) is 0 Å². The number of thiophene rings is 1. The van der Waals surface area contributed by atoms with Crippen molar-refractivity contribution >= 4 is 11.3 Å². The van der Waals surface area contributed by atoms with Gasteiger partial charge in [0.15, 0.2) is 0 Å². The summed E-state index contributed by atoms with van der Waals surface area (Å²) in [5.41, 5.74) is 8.35. The van der Waals surface area contributed by atoms with Gasteiger partial charge >= 0.3 is 0 Å². The Kier molecular flexibility index (Phi) is 2.47. The molecule has 0 aliphatic carbocycles. The molecule has 0 bridgehead atoms. The van der Waals surface area contributed by atoms with Gasteiger partial charge in [0, 0.05) is 6.04 Å². The lowest BCUT2D eigenvalue weighted by Gasteiger charge is -2.07. The van der Waals surface area contributed by atoms with Gasteiger partial charge in [-0.1, -0.05) is 0 Å². The number of nitrogens with two attached hydrogens (primary N) is 1. The van der Waals surface area contributed by atoms with E-state index in [-0.39, 0.29) is 6.04 Å². The van der Waals surface area contributed by atoms with Gasteiger partial charge in [0.2, 0.25) is 0 Å². The maximum Gasteiger partial charge on any atom is 0.0935 e. The molecule has 2 heterocycles. The SMILES string of the molecule is NC(Cc1ccoc1)c1ccsc1. The molecule has 0 aliphatic heterocycles. The Labute approximate surface area is 81.0 Å². The molecule has 2 rings (SSSR count). The van der Waals surface area contributed by atoms with Gasteiger partial charge in [-0.3, -0.25) is 0 Å². The standard InChI is InChI=1S/C10H11NOS/c11-10(9-2-4-13-7-9)5-8-1-3-12-6-8/h1-4,6-7,10H,5,11H2. The molecule has 2 aromatic heterocycles. The van der Waals surface area contributed by atoms with Gasteiger partial charge in [0.25, 0.3) is 0 Å². The topological polar surface area (TPSA) is 39.2 Å². The molecule has 0 aromatic carbocycles. The highest BCUT2D eigenvalue weighted by Crippen LogP contribution is 2.18. The number of rotatable bonds is 3. The quantitative estimate of drug-likeness (QED) is 0.813. The Morgan fingerprint density at radius 1 is 1.46 bits per heavy atom. The van der Waals surface area contributed by atoms with E-state index < -0.39 is 0 Å². The Balaban J connectivity index is 2.04. The van der Waals surface area contributed by atoms with Crippen molar-refractivity contribution in [2.24, 2.45) is 5.73 Å². The zero-order valence-electron chi connectivity index (χ0n) is 7.14. The maximum atomic E-state index is 6.00. The zero-order valence-corrected chi connectivity index (χ0v) is 7.96. The minimum absolute atomic E-state index is 0.0869. The van der Waals surface area contributed by atoms with E-state index in [1.54, 1.807) is 23.9 Å². The first-order valence-corrected chi connectivity index (χ1v) is 5.09. The predicted octanol–water partition coefficient (Wildman–Crippen LogP) is 2.58.